The summed E-state index contributed by atoms with van der Waals surface area (Å²) in [6.07, 6.45) is 1.99. The Morgan fingerprint density at radius 2 is 2.24 bits per heavy atom. The number of nitrogens with one attached hydrogen (secondary N) is 1. The van der Waals surface area contributed by atoms with Gasteiger partial charge in [0.05, 0.1) is 0 Å². The van der Waals surface area contributed by atoms with Crippen LogP contribution in [0.4, 0.5) is 0 Å². The molecule has 3 rings (SSSR count). The third-order valence-electron chi connectivity index (χ3n) is 4.27. The van der Waals surface area contributed by atoms with Crippen LogP contribution < -0.4 is 15.8 Å². The number of benzene rings is 1. The number of fused-ring (bicyclic) bond motifs is 1. The van der Waals surface area contributed by atoms with Gasteiger partial charge in [-0.2, -0.15) is 0 Å². The van der Waals surface area contributed by atoms with E-state index in [1.54, 1.807) is 0 Å². The van der Waals surface area contributed by atoms with Crippen molar-refractivity contribution in [1.82, 2.24) is 5.32 Å². The molecule has 2 heterocycles. The van der Waals surface area contributed by atoms with Crippen LogP contribution in [0.3, 0.4) is 0 Å². The average molecular weight is 232 g/mol. The van der Waals surface area contributed by atoms with Gasteiger partial charge in [0.1, 0.15) is 11.4 Å². The molecule has 1 aromatic carbocycles. The van der Waals surface area contributed by atoms with Gasteiger partial charge in [-0.05, 0) is 19.0 Å². The second-order valence-electron chi connectivity index (χ2n) is 5.37. The summed E-state index contributed by atoms with van der Waals surface area (Å²) in [5.41, 5.74) is 7.41. The Kier molecular flexibility index (Phi) is 2.60. The van der Waals surface area contributed by atoms with Crippen LogP contribution >= 0.6 is 0 Å². The molecule has 1 aromatic rings. The van der Waals surface area contributed by atoms with E-state index in [9.17, 15) is 0 Å². The predicted octanol–water partition coefficient (Wildman–Crippen LogP) is 1.84. The molecule has 0 aromatic heterocycles. The summed E-state index contributed by atoms with van der Waals surface area (Å²) < 4.78 is 6.32. The van der Waals surface area contributed by atoms with Gasteiger partial charge in [-0.25, -0.2) is 0 Å². The van der Waals surface area contributed by atoms with Crippen LogP contribution in [0.25, 0.3) is 0 Å². The zero-order chi connectivity index (χ0) is 11.9. The molecule has 0 radical (unpaired) electrons. The van der Waals surface area contributed by atoms with Gasteiger partial charge in [-0.3, -0.25) is 0 Å². The Bertz CT molecular complexity index is 420. The standard InChI is InChI=1S/C14H20N2O/c1-10-9-16-7-6-14(10)8-12(15)11-4-2-3-5-13(11)17-14/h2-5,10,12,16H,6-9,15H2,1H3. The number of rotatable bonds is 0. The lowest BCUT2D eigenvalue weighted by Crippen LogP contribution is -2.55. The van der Waals surface area contributed by atoms with E-state index in [-0.39, 0.29) is 11.6 Å². The largest absolute Gasteiger partial charge is 0.486 e. The van der Waals surface area contributed by atoms with Gasteiger partial charge < -0.3 is 15.8 Å². The fourth-order valence-corrected chi connectivity index (χ4v) is 3.13. The highest BCUT2D eigenvalue weighted by molar-refractivity contribution is 5.39. The molecule has 3 N–H and O–H groups in total. The maximum Gasteiger partial charge on any atom is 0.124 e. The number of para-hydroxylation sites is 1. The van der Waals surface area contributed by atoms with Crippen molar-refractivity contribution in [2.45, 2.75) is 31.4 Å². The molecule has 1 fully saturated rings. The molecule has 3 unspecified atom stereocenters. The fraction of sp³-hybridized carbons (Fsp3) is 0.571. The number of hydrogen-bond acceptors (Lipinski definition) is 3. The van der Waals surface area contributed by atoms with Crippen LogP contribution in [-0.4, -0.2) is 18.7 Å². The van der Waals surface area contributed by atoms with E-state index in [1.807, 2.05) is 18.2 Å². The quantitative estimate of drug-likeness (QED) is 0.717. The third kappa shape index (κ3) is 1.74. The van der Waals surface area contributed by atoms with Crippen molar-refractivity contribution < 1.29 is 4.74 Å². The summed E-state index contributed by atoms with van der Waals surface area (Å²) >= 11 is 0. The molecular weight excluding hydrogens is 212 g/mol. The number of nitrogens with two attached hydrogens (primary N) is 1. The van der Waals surface area contributed by atoms with Crippen LogP contribution in [-0.2, 0) is 0 Å². The minimum atomic E-state index is -0.0565. The van der Waals surface area contributed by atoms with E-state index >= 15 is 0 Å². The monoisotopic (exact) mass is 232 g/mol. The molecular formula is C14H20N2O. The van der Waals surface area contributed by atoms with Crippen molar-refractivity contribution in [3.8, 4) is 5.75 Å². The minimum Gasteiger partial charge on any atom is -0.486 e. The molecule has 2 aliphatic rings. The smallest absolute Gasteiger partial charge is 0.124 e. The van der Waals surface area contributed by atoms with Gasteiger partial charge in [0.15, 0.2) is 0 Å². The third-order valence-corrected chi connectivity index (χ3v) is 4.27. The topological polar surface area (TPSA) is 47.3 Å². The molecule has 1 spiro atoms. The number of hydrogen-bond donors (Lipinski definition) is 2. The SMILES string of the molecule is CC1CNCCC12CC(N)c1ccccc1O2. The van der Waals surface area contributed by atoms with Gasteiger partial charge >= 0.3 is 0 Å². The second-order valence-corrected chi connectivity index (χ2v) is 5.37. The lowest BCUT2D eigenvalue weighted by Gasteiger charge is -2.47. The normalized spacial score (nSPS) is 36.4. The van der Waals surface area contributed by atoms with Crippen molar-refractivity contribution in [3.63, 3.8) is 0 Å². The molecule has 92 valence electrons. The molecule has 3 heteroatoms. The molecule has 3 atom stereocenters. The summed E-state index contributed by atoms with van der Waals surface area (Å²) in [7, 11) is 0. The Labute approximate surface area is 102 Å². The summed E-state index contributed by atoms with van der Waals surface area (Å²) in [5, 5.41) is 3.42. The van der Waals surface area contributed by atoms with Gasteiger partial charge in [-0.1, -0.05) is 25.1 Å². The highest BCUT2D eigenvalue weighted by Crippen LogP contribution is 2.44. The van der Waals surface area contributed by atoms with Gasteiger partial charge in [-0.15, -0.1) is 0 Å². The fourth-order valence-electron chi connectivity index (χ4n) is 3.13. The van der Waals surface area contributed by atoms with Crippen LogP contribution in [0.2, 0.25) is 0 Å². The first-order chi connectivity index (χ1) is 8.21. The molecule has 17 heavy (non-hydrogen) atoms. The van der Waals surface area contributed by atoms with E-state index in [0.29, 0.717) is 5.92 Å². The summed E-state index contributed by atoms with van der Waals surface area (Å²) in [6.45, 7) is 4.31. The van der Waals surface area contributed by atoms with E-state index in [2.05, 4.69) is 18.3 Å². The van der Waals surface area contributed by atoms with Gasteiger partial charge in [0.2, 0.25) is 0 Å². The van der Waals surface area contributed by atoms with E-state index < -0.39 is 0 Å². The van der Waals surface area contributed by atoms with Crippen LogP contribution in [0.15, 0.2) is 24.3 Å². The zero-order valence-corrected chi connectivity index (χ0v) is 10.3. The predicted molar refractivity (Wildman–Crippen MR) is 68.0 cm³/mol. The van der Waals surface area contributed by atoms with Crippen molar-refractivity contribution in [1.29, 1.82) is 0 Å². The first-order valence-corrected chi connectivity index (χ1v) is 6.45. The number of ether oxygens (including phenoxy) is 1. The van der Waals surface area contributed by atoms with Crippen LogP contribution in [0, 0.1) is 5.92 Å². The second kappa shape index (κ2) is 4.00. The van der Waals surface area contributed by atoms with Crippen molar-refractivity contribution in [3.05, 3.63) is 29.8 Å². The molecule has 0 saturated carbocycles. The molecule has 1 saturated heterocycles. The molecule has 0 bridgehead atoms. The lowest BCUT2D eigenvalue weighted by atomic mass is 9.75. The first-order valence-electron chi connectivity index (χ1n) is 6.45. The Morgan fingerprint density at radius 1 is 1.41 bits per heavy atom. The Hall–Kier alpha value is -1.06. The maximum atomic E-state index is 6.32. The first kappa shape index (κ1) is 11.1. The van der Waals surface area contributed by atoms with Crippen LogP contribution in [0.1, 0.15) is 31.4 Å². The Morgan fingerprint density at radius 3 is 3.06 bits per heavy atom. The zero-order valence-electron chi connectivity index (χ0n) is 10.3. The van der Waals surface area contributed by atoms with Crippen LogP contribution in [0.5, 0.6) is 5.75 Å². The van der Waals surface area contributed by atoms with E-state index in [4.69, 9.17) is 10.5 Å². The average Bonchev–Trinajstić information content (AvgIpc) is 2.33. The lowest BCUT2D eigenvalue weighted by molar-refractivity contribution is -0.0335. The minimum absolute atomic E-state index is 0.0565. The summed E-state index contributed by atoms with van der Waals surface area (Å²) in [6, 6.07) is 8.30. The highest BCUT2D eigenvalue weighted by atomic mass is 16.5. The summed E-state index contributed by atoms with van der Waals surface area (Å²) in [4.78, 5) is 0. The molecule has 0 aliphatic carbocycles. The summed E-state index contributed by atoms with van der Waals surface area (Å²) in [5.74, 6) is 1.50. The van der Waals surface area contributed by atoms with Crippen molar-refractivity contribution in [2.24, 2.45) is 11.7 Å². The highest BCUT2D eigenvalue weighted by Gasteiger charge is 2.45. The van der Waals surface area contributed by atoms with Gasteiger partial charge in [0, 0.05) is 30.5 Å². The number of piperidine rings is 1. The molecule has 2 aliphatic heterocycles. The van der Waals surface area contributed by atoms with Crippen molar-refractivity contribution >= 4 is 0 Å². The molecule has 3 nitrogen and oxygen atoms in total. The van der Waals surface area contributed by atoms with Crippen molar-refractivity contribution in [2.75, 3.05) is 13.1 Å². The Balaban J connectivity index is 1.97. The molecule has 0 amide bonds. The van der Waals surface area contributed by atoms with Gasteiger partial charge in [0.25, 0.3) is 0 Å². The van der Waals surface area contributed by atoms with E-state index in [0.717, 1.165) is 37.2 Å². The maximum absolute atomic E-state index is 6.32. The van der Waals surface area contributed by atoms with E-state index in [1.165, 1.54) is 0 Å².